The van der Waals surface area contributed by atoms with Crippen molar-refractivity contribution >= 4 is 16.7 Å². The lowest BCUT2D eigenvalue weighted by molar-refractivity contribution is 0.0993. The summed E-state index contributed by atoms with van der Waals surface area (Å²) in [6.45, 7) is 0. The highest BCUT2D eigenvalue weighted by atomic mass is 16.5. The number of methoxy groups -OCH3 is 2. The number of hydrogen-bond donors (Lipinski definition) is 1. The average Bonchev–Trinajstić information content (AvgIpc) is 2.97. The maximum Gasteiger partial charge on any atom is 0.167 e. The topological polar surface area (TPSA) is 51.3 Å². The molecule has 112 valence electrons. The van der Waals surface area contributed by atoms with Crippen molar-refractivity contribution in [2.45, 2.75) is 6.42 Å². The minimum atomic E-state index is 0.0470. The van der Waals surface area contributed by atoms with E-state index in [2.05, 4.69) is 4.98 Å². The molecular weight excluding hydrogens is 278 g/mol. The second kappa shape index (κ2) is 5.93. The van der Waals surface area contributed by atoms with Crippen molar-refractivity contribution in [2.24, 2.45) is 0 Å². The maximum absolute atomic E-state index is 12.5. The predicted octanol–water partition coefficient (Wildman–Crippen LogP) is 3.61. The molecule has 0 fully saturated rings. The molecule has 0 atom stereocenters. The maximum atomic E-state index is 12.5. The molecule has 0 spiro atoms. The molecule has 4 nitrogen and oxygen atoms in total. The van der Waals surface area contributed by atoms with Crippen LogP contribution in [-0.2, 0) is 6.42 Å². The highest BCUT2D eigenvalue weighted by Gasteiger charge is 2.13. The van der Waals surface area contributed by atoms with Crippen LogP contribution < -0.4 is 9.47 Å². The summed E-state index contributed by atoms with van der Waals surface area (Å²) in [7, 11) is 3.14. The molecule has 22 heavy (non-hydrogen) atoms. The molecule has 0 bridgehead atoms. The fraction of sp³-hybridized carbons (Fsp3) is 0.167. The molecule has 1 N–H and O–H groups in total. The van der Waals surface area contributed by atoms with Gasteiger partial charge in [-0.25, -0.2) is 0 Å². The summed E-state index contributed by atoms with van der Waals surface area (Å²) in [5.41, 5.74) is 2.65. The Hall–Kier alpha value is -2.75. The quantitative estimate of drug-likeness (QED) is 0.732. The number of ether oxygens (including phenoxy) is 2. The minimum absolute atomic E-state index is 0.0470. The van der Waals surface area contributed by atoms with Gasteiger partial charge in [0.1, 0.15) is 0 Å². The number of carbonyl (C=O) groups is 1. The van der Waals surface area contributed by atoms with E-state index in [4.69, 9.17) is 9.47 Å². The number of aromatic nitrogens is 1. The van der Waals surface area contributed by atoms with Gasteiger partial charge in [-0.05, 0) is 29.8 Å². The van der Waals surface area contributed by atoms with Crippen LogP contribution in [0.5, 0.6) is 11.5 Å². The molecule has 0 aliphatic carbocycles. The average molecular weight is 295 g/mol. The van der Waals surface area contributed by atoms with Crippen LogP contribution in [0.15, 0.2) is 48.7 Å². The van der Waals surface area contributed by atoms with E-state index >= 15 is 0 Å². The third-order valence-corrected chi connectivity index (χ3v) is 3.73. The Morgan fingerprint density at radius 3 is 2.59 bits per heavy atom. The van der Waals surface area contributed by atoms with Gasteiger partial charge in [0, 0.05) is 29.1 Å². The van der Waals surface area contributed by atoms with Crippen LogP contribution in [0.2, 0.25) is 0 Å². The molecule has 3 rings (SSSR count). The van der Waals surface area contributed by atoms with Crippen LogP contribution >= 0.6 is 0 Å². The molecule has 0 aliphatic heterocycles. The summed E-state index contributed by atoms with van der Waals surface area (Å²) >= 11 is 0. The third kappa shape index (κ3) is 2.55. The first-order chi connectivity index (χ1) is 10.7. The van der Waals surface area contributed by atoms with Crippen molar-refractivity contribution < 1.29 is 14.3 Å². The number of ketones is 1. The van der Waals surface area contributed by atoms with E-state index in [0.717, 1.165) is 16.5 Å². The van der Waals surface area contributed by atoms with E-state index in [1.807, 2.05) is 30.5 Å². The number of hydrogen-bond acceptors (Lipinski definition) is 3. The summed E-state index contributed by atoms with van der Waals surface area (Å²) in [5, 5.41) is 1.08. The van der Waals surface area contributed by atoms with Crippen LogP contribution in [0.1, 0.15) is 15.9 Å². The van der Waals surface area contributed by atoms with Gasteiger partial charge >= 0.3 is 0 Å². The number of Topliss-reactive ketones (excluding diaryl/α,β-unsaturated/α-hetero) is 1. The predicted molar refractivity (Wildman–Crippen MR) is 85.9 cm³/mol. The first-order valence-corrected chi connectivity index (χ1v) is 7.03. The number of nitrogens with one attached hydrogen (secondary N) is 1. The van der Waals surface area contributed by atoms with Gasteiger partial charge in [0.2, 0.25) is 0 Å². The van der Waals surface area contributed by atoms with Crippen LogP contribution in [0.25, 0.3) is 10.9 Å². The Bertz CT molecular complexity index is 820. The molecule has 4 heteroatoms. The van der Waals surface area contributed by atoms with Gasteiger partial charge in [0.25, 0.3) is 0 Å². The van der Waals surface area contributed by atoms with E-state index in [9.17, 15) is 4.79 Å². The Morgan fingerprint density at radius 2 is 1.82 bits per heavy atom. The van der Waals surface area contributed by atoms with Gasteiger partial charge in [0.15, 0.2) is 17.3 Å². The molecule has 1 aromatic heterocycles. The van der Waals surface area contributed by atoms with Crippen molar-refractivity contribution in [2.75, 3.05) is 14.2 Å². The summed E-state index contributed by atoms with van der Waals surface area (Å²) in [6.07, 6.45) is 2.24. The zero-order chi connectivity index (χ0) is 15.5. The first-order valence-electron chi connectivity index (χ1n) is 7.03. The van der Waals surface area contributed by atoms with Crippen molar-refractivity contribution in [3.8, 4) is 11.5 Å². The van der Waals surface area contributed by atoms with Gasteiger partial charge in [-0.3, -0.25) is 4.79 Å². The first kappa shape index (κ1) is 14.2. The second-order valence-electron chi connectivity index (χ2n) is 5.03. The molecule has 1 heterocycles. The summed E-state index contributed by atoms with van der Waals surface area (Å²) in [4.78, 5) is 15.7. The smallest absolute Gasteiger partial charge is 0.167 e. The summed E-state index contributed by atoms with van der Waals surface area (Å²) in [6, 6.07) is 13.2. The zero-order valence-corrected chi connectivity index (χ0v) is 12.6. The third-order valence-electron chi connectivity index (χ3n) is 3.73. The zero-order valence-electron chi connectivity index (χ0n) is 12.6. The fourth-order valence-electron chi connectivity index (χ4n) is 2.56. The van der Waals surface area contributed by atoms with Crippen molar-refractivity contribution in [1.82, 2.24) is 4.98 Å². The lowest BCUT2D eigenvalue weighted by atomic mass is 10.0. The fourth-order valence-corrected chi connectivity index (χ4v) is 2.56. The van der Waals surface area contributed by atoms with Crippen molar-refractivity contribution in [3.05, 3.63) is 59.8 Å². The van der Waals surface area contributed by atoms with Crippen LogP contribution in [0, 0.1) is 0 Å². The van der Waals surface area contributed by atoms with E-state index in [1.165, 1.54) is 0 Å². The molecule has 0 radical (unpaired) electrons. The SMILES string of the molecule is COc1ccc(C(=O)Cc2c[nH]c3ccccc23)cc1OC. The molecule has 0 amide bonds. The van der Waals surface area contributed by atoms with Crippen molar-refractivity contribution in [3.63, 3.8) is 0 Å². The molecule has 3 aromatic rings. The molecular formula is C18H17NO3. The number of benzene rings is 2. The molecule has 2 aromatic carbocycles. The summed E-state index contributed by atoms with van der Waals surface area (Å²) in [5.74, 6) is 1.23. The van der Waals surface area contributed by atoms with Gasteiger partial charge < -0.3 is 14.5 Å². The highest BCUT2D eigenvalue weighted by molar-refractivity contribution is 6.00. The van der Waals surface area contributed by atoms with Gasteiger partial charge in [0.05, 0.1) is 14.2 Å². The van der Waals surface area contributed by atoms with Crippen molar-refractivity contribution in [1.29, 1.82) is 0 Å². The minimum Gasteiger partial charge on any atom is -0.493 e. The number of H-pyrrole nitrogens is 1. The molecule has 0 aliphatic rings. The highest BCUT2D eigenvalue weighted by Crippen LogP contribution is 2.28. The number of para-hydroxylation sites is 1. The monoisotopic (exact) mass is 295 g/mol. The number of aromatic amines is 1. The van der Waals surface area contributed by atoms with E-state index in [-0.39, 0.29) is 5.78 Å². The van der Waals surface area contributed by atoms with Crippen LogP contribution in [-0.4, -0.2) is 25.0 Å². The van der Waals surface area contributed by atoms with E-state index < -0.39 is 0 Å². The number of carbonyl (C=O) groups excluding carboxylic acids is 1. The lowest BCUT2D eigenvalue weighted by Gasteiger charge is -2.09. The normalized spacial score (nSPS) is 10.6. The standard InChI is InChI=1S/C18H17NO3/c1-21-17-8-7-12(10-18(17)22-2)16(20)9-13-11-19-15-6-4-3-5-14(13)15/h3-8,10-11,19H,9H2,1-2H3. The van der Waals surface area contributed by atoms with Crippen LogP contribution in [0.4, 0.5) is 0 Å². The largest absolute Gasteiger partial charge is 0.493 e. The van der Waals surface area contributed by atoms with Gasteiger partial charge in [-0.1, -0.05) is 18.2 Å². The number of fused-ring (bicyclic) bond motifs is 1. The van der Waals surface area contributed by atoms with Gasteiger partial charge in [-0.15, -0.1) is 0 Å². The van der Waals surface area contributed by atoms with Crippen LogP contribution in [0.3, 0.4) is 0 Å². The molecule has 0 saturated heterocycles. The Balaban J connectivity index is 1.88. The Kier molecular flexibility index (Phi) is 3.83. The van der Waals surface area contributed by atoms with E-state index in [1.54, 1.807) is 32.4 Å². The molecule has 0 saturated carbocycles. The summed E-state index contributed by atoms with van der Waals surface area (Å²) < 4.78 is 10.4. The Labute approximate surface area is 128 Å². The second-order valence-corrected chi connectivity index (χ2v) is 5.03. The van der Waals surface area contributed by atoms with E-state index in [0.29, 0.717) is 23.5 Å². The Morgan fingerprint density at radius 1 is 1.05 bits per heavy atom. The number of rotatable bonds is 5. The molecule has 0 unspecified atom stereocenters. The van der Waals surface area contributed by atoms with Gasteiger partial charge in [-0.2, -0.15) is 0 Å². The lowest BCUT2D eigenvalue weighted by Crippen LogP contribution is -2.04.